The predicted molar refractivity (Wildman–Crippen MR) is 49.8 cm³/mol. The lowest BCUT2D eigenvalue weighted by Crippen LogP contribution is -2.07. The molecule has 1 N–H and O–H groups in total. The van der Waals surface area contributed by atoms with Crippen LogP contribution in [-0.2, 0) is 0 Å². The van der Waals surface area contributed by atoms with Gasteiger partial charge in [-0.2, -0.15) is 0 Å². The van der Waals surface area contributed by atoms with Crippen LogP contribution in [0.5, 0.6) is 0 Å². The van der Waals surface area contributed by atoms with Crippen LogP contribution in [0.15, 0.2) is 22.7 Å². The molecular formula is C9H9BrF2O. The molecule has 0 aromatic heterocycles. The summed E-state index contributed by atoms with van der Waals surface area (Å²) in [5, 5.41) is 9.04. The molecule has 0 saturated heterocycles. The summed E-state index contributed by atoms with van der Waals surface area (Å²) in [5.41, 5.74) is 1.18. The zero-order chi connectivity index (χ0) is 10.0. The van der Waals surface area contributed by atoms with Crippen molar-refractivity contribution in [3.8, 4) is 0 Å². The maximum absolute atomic E-state index is 12.1. The summed E-state index contributed by atoms with van der Waals surface area (Å²) in [7, 11) is 0. The Morgan fingerprint density at radius 3 is 2.46 bits per heavy atom. The Morgan fingerprint density at radius 2 is 2.00 bits per heavy atom. The van der Waals surface area contributed by atoms with Gasteiger partial charge in [-0.05, 0) is 24.1 Å². The molecule has 0 fully saturated rings. The second kappa shape index (κ2) is 4.15. The van der Waals surface area contributed by atoms with Gasteiger partial charge in [0.2, 0.25) is 0 Å². The van der Waals surface area contributed by atoms with Crippen LogP contribution in [0.3, 0.4) is 0 Å². The molecule has 1 rings (SSSR count). The number of hydrogen-bond acceptors (Lipinski definition) is 1. The van der Waals surface area contributed by atoms with Crippen LogP contribution in [-0.4, -0.2) is 11.5 Å². The number of rotatable bonds is 2. The third-order valence-electron chi connectivity index (χ3n) is 1.78. The quantitative estimate of drug-likeness (QED) is 0.856. The average Bonchev–Trinajstić information content (AvgIpc) is 2.08. The van der Waals surface area contributed by atoms with E-state index in [1.165, 1.54) is 12.1 Å². The maximum Gasteiger partial charge on any atom is 0.268 e. The molecule has 1 aromatic rings. The molecule has 0 bridgehead atoms. The molecule has 1 nitrogen and oxygen atoms in total. The first kappa shape index (κ1) is 10.6. The second-order valence-electron chi connectivity index (χ2n) is 2.79. The fourth-order valence-corrected chi connectivity index (χ4v) is 1.34. The van der Waals surface area contributed by atoms with Crippen molar-refractivity contribution in [1.82, 2.24) is 0 Å². The first-order valence-electron chi connectivity index (χ1n) is 3.74. The lowest BCUT2D eigenvalue weighted by molar-refractivity contribution is -0.00581. The molecule has 0 aliphatic rings. The molecule has 72 valence electrons. The molecule has 4 heteroatoms. The van der Waals surface area contributed by atoms with Crippen molar-refractivity contribution in [3.05, 3.63) is 33.8 Å². The molecule has 0 radical (unpaired) electrons. The predicted octanol–water partition coefficient (Wildman–Crippen LogP) is 3.06. The molecular weight excluding hydrogens is 242 g/mol. The van der Waals surface area contributed by atoms with Crippen LogP contribution in [0.4, 0.5) is 8.78 Å². The highest BCUT2D eigenvalue weighted by Crippen LogP contribution is 2.25. The van der Waals surface area contributed by atoms with Crippen LogP contribution >= 0.6 is 15.9 Å². The number of benzene rings is 1. The van der Waals surface area contributed by atoms with Gasteiger partial charge >= 0.3 is 0 Å². The van der Waals surface area contributed by atoms with E-state index < -0.39 is 12.5 Å². The van der Waals surface area contributed by atoms with Gasteiger partial charge in [0, 0.05) is 4.47 Å². The summed E-state index contributed by atoms with van der Waals surface area (Å²) < 4.78 is 24.9. The topological polar surface area (TPSA) is 20.2 Å². The highest BCUT2D eigenvalue weighted by molar-refractivity contribution is 9.10. The Kier molecular flexibility index (Phi) is 3.39. The van der Waals surface area contributed by atoms with Crippen molar-refractivity contribution in [2.75, 3.05) is 0 Å². The van der Waals surface area contributed by atoms with Gasteiger partial charge in [-0.1, -0.05) is 28.1 Å². The van der Waals surface area contributed by atoms with E-state index in [2.05, 4.69) is 15.9 Å². The molecule has 1 aromatic carbocycles. The molecule has 0 heterocycles. The van der Waals surface area contributed by atoms with Gasteiger partial charge in [-0.15, -0.1) is 0 Å². The van der Waals surface area contributed by atoms with E-state index in [-0.39, 0.29) is 5.56 Å². The number of aliphatic hydroxyl groups excluding tert-OH is 1. The van der Waals surface area contributed by atoms with Crippen molar-refractivity contribution in [1.29, 1.82) is 0 Å². The summed E-state index contributed by atoms with van der Waals surface area (Å²) in [5.74, 6) is 0. The maximum atomic E-state index is 12.1. The van der Waals surface area contributed by atoms with Gasteiger partial charge in [0.15, 0.2) is 0 Å². The lowest BCUT2D eigenvalue weighted by Gasteiger charge is -2.10. The Balaban J connectivity index is 2.97. The summed E-state index contributed by atoms with van der Waals surface area (Å²) in [4.78, 5) is 0. The van der Waals surface area contributed by atoms with Crippen molar-refractivity contribution < 1.29 is 13.9 Å². The smallest absolute Gasteiger partial charge is 0.268 e. The zero-order valence-corrected chi connectivity index (χ0v) is 8.55. The van der Waals surface area contributed by atoms with Crippen molar-refractivity contribution in [3.63, 3.8) is 0 Å². The van der Waals surface area contributed by atoms with Crippen LogP contribution in [0, 0.1) is 6.92 Å². The molecule has 0 aliphatic carbocycles. The van der Waals surface area contributed by atoms with E-state index in [1.807, 2.05) is 6.92 Å². The molecule has 0 amide bonds. The molecule has 13 heavy (non-hydrogen) atoms. The van der Waals surface area contributed by atoms with Gasteiger partial charge in [0.1, 0.15) is 6.10 Å². The number of aryl methyl sites for hydroxylation is 1. The lowest BCUT2D eigenvalue weighted by atomic mass is 10.1. The Bertz CT molecular complexity index is 302. The fourth-order valence-electron chi connectivity index (χ4n) is 0.939. The average molecular weight is 251 g/mol. The van der Waals surface area contributed by atoms with Gasteiger partial charge in [0.25, 0.3) is 6.43 Å². The third-order valence-corrected chi connectivity index (χ3v) is 2.63. The van der Waals surface area contributed by atoms with E-state index in [4.69, 9.17) is 5.11 Å². The Labute approximate surface area is 83.5 Å². The molecule has 0 aliphatic heterocycles. The van der Waals surface area contributed by atoms with E-state index >= 15 is 0 Å². The SMILES string of the molecule is Cc1ccc(C(O)C(F)F)cc1Br. The summed E-state index contributed by atoms with van der Waals surface area (Å²) in [6.07, 6.45) is -4.44. The number of halogens is 3. The summed E-state index contributed by atoms with van der Waals surface area (Å²) in [6, 6.07) is 4.69. The van der Waals surface area contributed by atoms with Gasteiger partial charge < -0.3 is 5.11 Å². The van der Waals surface area contributed by atoms with E-state index in [1.54, 1.807) is 6.07 Å². The first-order valence-corrected chi connectivity index (χ1v) is 4.54. The highest BCUT2D eigenvalue weighted by Gasteiger charge is 2.19. The third kappa shape index (κ3) is 2.48. The van der Waals surface area contributed by atoms with Crippen LogP contribution in [0.25, 0.3) is 0 Å². The van der Waals surface area contributed by atoms with Crippen LogP contribution < -0.4 is 0 Å². The minimum Gasteiger partial charge on any atom is -0.382 e. The van der Waals surface area contributed by atoms with Crippen molar-refractivity contribution in [2.45, 2.75) is 19.5 Å². The monoisotopic (exact) mass is 250 g/mol. The van der Waals surface area contributed by atoms with Crippen molar-refractivity contribution in [2.24, 2.45) is 0 Å². The normalized spacial score (nSPS) is 13.4. The molecule has 0 saturated carbocycles. The largest absolute Gasteiger partial charge is 0.382 e. The first-order chi connectivity index (χ1) is 6.02. The highest BCUT2D eigenvalue weighted by atomic mass is 79.9. The molecule has 0 spiro atoms. The van der Waals surface area contributed by atoms with Gasteiger partial charge in [0.05, 0.1) is 0 Å². The summed E-state index contributed by atoms with van der Waals surface area (Å²) >= 11 is 3.21. The van der Waals surface area contributed by atoms with Crippen LogP contribution in [0.2, 0.25) is 0 Å². The van der Waals surface area contributed by atoms with Crippen LogP contribution in [0.1, 0.15) is 17.2 Å². The van der Waals surface area contributed by atoms with Gasteiger partial charge in [-0.25, -0.2) is 8.78 Å². The molecule has 1 atom stereocenters. The Morgan fingerprint density at radius 1 is 1.38 bits per heavy atom. The van der Waals surface area contributed by atoms with E-state index in [9.17, 15) is 8.78 Å². The van der Waals surface area contributed by atoms with E-state index in [0.717, 1.165) is 10.0 Å². The summed E-state index contributed by atoms with van der Waals surface area (Å²) in [6.45, 7) is 1.85. The van der Waals surface area contributed by atoms with Crippen molar-refractivity contribution >= 4 is 15.9 Å². The standard InChI is InChI=1S/C9H9BrF2O/c1-5-2-3-6(4-7(5)10)8(13)9(11)12/h2-4,8-9,13H,1H3. The number of hydrogen-bond donors (Lipinski definition) is 1. The second-order valence-corrected chi connectivity index (χ2v) is 3.64. The number of alkyl halides is 2. The fraction of sp³-hybridized carbons (Fsp3) is 0.333. The molecule has 1 unspecified atom stereocenters. The Hall–Kier alpha value is -0.480. The van der Waals surface area contributed by atoms with Gasteiger partial charge in [-0.3, -0.25) is 0 Å². The minimum absolute atomic E-state index is 0.229. The zero-order valence-electron chi connectivity index (χ0n) is 6.97. The van der Waals surface area contributed by atoms with E-state index in [0.29, 0.717) is 0 Å². The minimum atomic E-state index is -2.74. The number of aliphatic hydroxyl groups is 1.